The highest BCUT2D eigenvalue weighted by atomic mass is 28.4. The van der Waals surface area contributed by atoms with Crippen LogP contribution in [0.25, 0.3) is 0 Å². The highest BCUT2D eigenvalue weighted by molar-refractivity contribution is 6.74. The van der Waals surface area contributed by atoms with Crippen LogP contribution in [0.4, 0.5) is 0 Å². The highest BCUT2D eigenvalue weighted by Gasteiger charge is 2.50. The van der Waals surface area contributed by atoms with Crippen molar-refractivity contribution in [1.82, 2.24) is 0 Å². The first kappa shape index (κ1) is 18.8. The van der Waals surface area contributed by atoms with Gasteiger partial charge in [0, 0.05) is 0 Å². The van der Waals surface area contributed by atoms with Crippen molar-refractivity contribution in [3.8, 4) is 11.7 Å². The van der Waals surface area contributed by atoms with Crippen molar-refractivity contribution in [3.05, 3.63) is 0 Å². The molecule has 1 heterocycles. The van der Waals surface area contributed by atoms with Crippen LogP contribution in [0.2, 0.25) is 18.1 Å². The zero-order valence-corrected chi connectivity index (χ0v) is 16.4. The third-order valence-corrected chi connectivity index (χ3v) is 9.49. The van der Waals surface area contributed by atoms with Crippen LogP contribution in [0, 0.1) is 11.7 Å². The zero-order valence-electron chi connectivity index (χ0n) is 15.4. The predicted molar refractivity (Wildman–Crippen MR) is 91.6 cm³/mol. The van der Waals surface area contributed by atoms with Gasteiger partial charge in [-0.05, 0) is 52.8 Å². The Balaban J connectivity index is 2.69. The lowest BCUT2D eigenvalue weighted by molar-refractivity contribution is 0.00578. The van der Waals surface area contributed by atoms with Crippen LogP contribution < -0.4 is 0 Å². The minimum Gasteiger partial charge on any atom is -0.404 e. The molecule has 0 bridgehead atoms. The van der Waals surface area contributed by atoms with E-state index in [4.69, 9.17) is 13.7 Å². The van der Waals surface area contributed by atoms with Crippen molar-refractivity contribution in [1.29, 1.82) is 0 Å². The van der Waals surface area contributed by atoms with Gasteiger partial charge in [0.15, 0.2) is 8.32 Å². The molecule has 1 saturated heterocycles. The van der Waals surface area contributed by atoms with Crippen molar-refractivity contribution in [2.45, 2.75) is 90.8 Å². The molecule has 0 N–H and O–H groups in total. The first-order chi connectivity index (χ1) is 9.18. The predicted octanol–water partition coefficient (Wildman–Crippen LogP) is 4.03. The lowest BCUT2D eigenvalue weighted by Gasteiger charge is -2.37. The maximum atomic E-state index is 6.22. The second kappa shape index (κ2) is 5.73. The highest BCUT2D eigenvalue weighted by Crippen LogP contribution is 2.38. The smallest absolute Gasteiger partial charge is 0.404 e. The summed E-state index contributed by atoms with van der Waals surface area (Å²) in [6.45, 7) is 21.3. The minimum absolute atomic E-state index is 0.107. The Morgan fingerprint density at radius 3 is 1.86 bits per heavy atom. The van der Waals surface area contributed by atoms with Crippen molar-refractivity contribution < 1.29 is 13.7 Å². The normalized spacial score (nSPS) is 22.7. The van der Waals surface area contributed by atoms with Gasteiger partial charge in [0.1, 0.15) is 6.10 Å². The molecule has 0 unspecified atom stereocenters. The quantitative estimate of drug-likeness (QED) is 0.569. The largest absolute Gasteiger partial charge is 0.551 e. The average Bonchev–Trinajstić information content (AvgIpc) is 2.42. The van der Waals surface area contributed by atoms with E-state index in [1.165, 1.54) is 0 Å². The van der Waals surface area contributed by atoms with Gasteiger partial charge in [0.05, 0.1) is 11.2 Å². The van der Waals surface area contributed by atoms with Gasteiger partial charge >= 0.3 is 7.12 Å². The molecule has 1 aliphatic rings. The summed E-state index contributed by atoms with van der Waals surface area (Å²) in [5, 5.41) is 0.188. The van der Waals surface area contributed by atoms with Gasteiger partial charge in [-0.3, -0.25) is 0 Å². The molecule has 1 atom stereocenters. The van der Waals surface area contributed by atoms with Crippen molar-refractivity contribution in [2.75, 3.05) is 0 Å². The van der Waals surface area contributed by atoms with Crippen LogP contribution in [0.5, 0.6) is 0 Å². The molecule has 5 heteroatoms. The minimum atomic E-state index is -1.79. The molecule has 0 aromatic heterocycles. The van der Waals surface area contributed by atoms with Gasteiger partial charge in [-0.2, -0.15) is 0 Å². The van der Waals surface area contributed by atoms with Gasteiger partial charge in [0.2, 0.25) is 0 Å². The number of hydrogen-bond acceptors (Lipinski definition) is 3. The van der Waals surface area contributed by atoms with E-state index < -0.39 is 15.4 Å². The number of hydrogen-bond donors (Lipinski definition) is 0. The molecule has 0 aromatic carbocycles. The Morgan fingerprint density at radius 1 is 1.05 bits per heavy atom. The molecular weight excluding hydrogens is 279 g/mol. The van der Waals surface area contributed by atoms with Crippen LogP contribution in [0.15, 0.2) is 0 Å². The summed E-state index contributed by atoms with van der Waals surface area (Å²) >= 11 is 0. The molecule has 1 aliphatic heterocycles. The summed E-state index contributed by atoms with van der Waals surface area (Å²) in [5.74, 6) is 6.21. The van der Waals surface area contributed by atoms with E-state index in [1.807, 2.05) is 34.6 Å². The Morgan fingerprint density at radius 2 is 1.48 bits per heavy atom. The summed E-state index contributed by atoms with van der Waals surface area (Å²) in [6.07, 6.45) is -0.107. The first-order valence-corrected chi connectivity index (χ1v) is 10.6. The lowest BCUT2D eigenvalue weighted by Crippen LogP contribution is -2.43. The van der Waals surface area contributed by atoms with E-state index in [-0.39, 0.29) is 22.3 Å². The van der Waals surface area contributed by atoms with Crippen molar-refractivity contribution in [2.24, 2.45) is 0 Å². The molecule has 0 saturated carbocycles. The second-order valence-corrected chi connectivity index (χ2v) is 13.2. The van der Waals surface area contributed by atoms with Gasteiger partial charge < -0.3 is 13.7 Å². The molecule has 120 valence electrons. The molecule has 1 fully saturated rings. The molecule has 0 aromatic rings. The summed E-state index contributed by atoms with van der Waals surface area (Å²) in [7, 11) is -2.26. The van der Waals surface area contributed by atoms with Crippen LogP contribution in [0.1, 0.15) is 55.4 Å². The van der Waals surface area contributed by atoms with Crippen molar-refractivity contribution in [3.63, 3.8) is 0 Å². The van der Waals surface area contributed by atoms with E-state index >= 15 is 0 Å². The van der Waals surface area contributed by atoms with E-state index in [9.17, 15) is 0 Å². The molecule has 21 heavy (non-hydrogen) atoms. The van der Waals surface area contributed by atoms with Gasteiger partial charge in [-0.25, -0.2) is 0 Å². The molecule has 3 nitrogen and oxygen atoms in total. The summed E-state index contributed by atoms with van der Waals surface area (Å²) in [6, 6.07) is 0. The second-order valence-electron chi connectivity index (χ2n) is 8.40. The zero-order chi connectivity index (χ0) is 16.7. The Hall–Kier alpha value is -0.278. The maximum absolute atomic E-state index is 6.22. The first-order valence-electron chi connectivity index (χ1n) is 7.72. The third kappa shape index (κ3) is 4.35. The van der Waals surface area contributed by atoms with Gasteiger partial charge in [-0.15, -0.1) is 0 Å². The van der Waals surface area contributed by atoms with Crippen LogP contribution in [-0.2, 0) is 13.7 Å². The topological polar surface area (TPSA) is 27.7 Å². The summed E-state index contributed by atoms with van der Waals surface area (Å²) in [4.78, 5) is 0. The Bertz CT molecular complexity index is 425. The lowest BCUT2D eigenvalue weighted by atomic mass is 9.90. The van der Waals surface area contributed by atoms with E-state index in [1.54, 1.807) is 0 Å². The summed E-state index contributed by atoms with van der Waals surface area (Å²) in [5.41, 5.74) is -0.675. The SMILES string of the molecule is C[C@@H](C#CB1OC(C)(C)C(C)(C)O1)O[Si](C)(C)C(C)(C)C. The van der Waals surface area contributed by atoms with Crippen LogP contribution in [-0.4, -0.2) is 32.7 Å². The average molecular weight is 310 g/mol. The van der Waals surface area contributed by atoms with Gasteiger partial charge in [0.25, 0.3) is 0 Å². The van der Waals surface area contributed by atoms with E-state index in [2.05, 4.69) is 45.6 Å². The van der Waals surface area contributed by atoms with Crippen LogP contribution >= 0.6 is 0 Å². The molecule has 1 rings (SSSR count). The monoisotopic (exact) mass is 310 g/mol. The fourth-order valence-electron chi connectivity index (χ4n) is 1.74. The molecule has 0 spiro atoms. The van der Waals surface area contributed by atoms with Gasteiger partial charge in [-0.1, -0.05) is 32.5 Å². The Labute approximate surface area is 132 Å². The fraction of sp³-hybridized carbons (Fsp3) is 0.875. The maximum Gasteiger partial charge on any atom is 0.551 e. The van der Waals surface area contributed by atoms with Crippen LogP contribution in [0.3, 0.4) is 0 Å². The standard InChI is InChI=1S/C16H31BO3Si/c1-13(18-21(9,10)14(2,3)4)11-12-17-19-15(5,6)16(7,8)20-17/h13H,1-10H3/t13-/m0/s1. The van der Waals surface area contributed by atoms with E-state index in [0.29, 0.717) is 0 Å². The molecule has 0 radical (unpaired) electrons. The van der Waals surface area contributed by atoms with Crippen molar-refractivity contribution >= 4 is 15.4 Å². The number of rotatable bonds is 2. The van der Waals surface area contributed by atoms with E-state index in [0.717, 1.165) is 0 Å². The molecular formula is C16H31BO3Si. The molecule has 0 aliphatic carbocycles. The molecule has 0 amide bonds. The summed E-state index contributed by atoms with van der Waals surface area (Å²) < 4.78 is 18.0. The Kier molecular flexibility index (Phi) is 5.12. The third-order valence-electron chi connectivity index (χ3n) is 4.94. The fourth-order valence-corrected chi connectivity index (χ4v) is 3.03.